The predicted octanol–water partition coefficient (Wildman–Crippen LogP) is 2.03. The minimum Gasteiger partial charge on any atom is -0.497 e. The molecule has 1 N–H and O–H groups in total. The molecule has 4 heteroatoms. The van der Waals surface area contributed by atoms with Gasteiger partial charge in [-0.3, -0.25) is 4.79 Å². The minimum atomic E-state index is 0.626. The van der Waals surface area contributed by atoms with E-state index in [9.17, 15) is 4.79 Å². The summed E-state index contributed by atoms with van der Waals surface area (Å²) in [5.41, 5.74) is 0.705. The van der Waals surface area contributed by atoms with Crippen LogP contribution in [0.5, 0.6) is 5.75 Å². The summed E-state index contributed by atoms with van der Waals surface area (Å²) < 4.78 is 5.86. The third kappa shape index (κ3) is 2.23. The van der Waals surface area contributed by atoms with Crippen LogP contribution in [0.15, 0.2) is 22.7 Å². The molecule has 0 aliphatic rings. The van der Waals surface area contributed by atoms with Gasteiger partial charge in [0.2, 0.25) is 6.41 Å². The topological polar surface area (TPSA) is 38.3 Å². The van der Waals surface area contributed by atoms with E-state index in [2.05, 4.69) is 21.2 Å². The molecule has 1 aromatic rings. The first-order valence-electron chi connectivity index (χ1n) is 3.31. The lowest BCUT2D eigenvalue weighted by molar-refractivity contribution is -0.105. The number of nitrogens with one attached hydrogen (secondary N) is 1. The molecule has 0 fully saturated rings. The summed E-state index contributed by atoms with van der Waals surface area (Å²) >= 11 is 3.29. The Hall–Kier alpha value is -1.03. The van der Waals surface area contributed by atoms with Gasteiger partial charge in [0.25, 0.3) is 0 Å². The third-order valence-electron chi connectivity index (χ3n) is 1.33. The zero-order chi connectivity index (χ0) is 8.97. The molecular formula is C8H8BrNO2. The maximum absolute atomic E-state index is 10.1. The second-order valence-corrected chi connectivity index (χ2v) is 3.06. The Kier molecular flexibility index (Phi) is 3.10. The number of anilines is 1. The van der Waals surface area contributed by atoms with Crippen molar-refractivity contribution in [3.8, 4) is 5.75 Å². The second kappa shape index (κ2) is 4.11. The Balaban J connectivity index is 2.97. The van der Waals surface area contributed by atoms with E-state index in [1.807, 2.05) is 6.07 Å². The van der Waals surface area contributed by atoms with Crippen LogP contribution in [0.2, 0.25) is 0 Å². The fourth-order valence-corrected chi connectivity index (χ4v) is 1.30. The molecule has 0 bridgehead atoms. The van der Waals surface area contributed by atoms with Gasteiger partial charge in [-0.1, -0.05) is 15.9 Å². The largest absolute Gasteiger partial charge is 0.497 e. The Morgan fingerprint density at radius 1 is 1.50 bits per heavy atom. The summed E-state index contributed by atoms with van der Waals surface area (Å²) in [6.45, 7) is 0. The van der Waals surface area contributed by atoms with Crippen molar-refractivity contribution in [2.75, 3.05) is 12.4 Å². The molecule has 0 radical (unpaired) electrons. The molecule has 1 amide bonds. The molecule has 0 spiro atoms. The quantitative estimate of drug-likeness (QED) is 0.806. The normalized spacial score (nSPS) is 9.17. The molecule has 3 nitrogen and oxygen atoms in total. The number of hydrogen-bond acceptors (Lipinski definition) is 2. The van der Waals surface area contributed by atoms with Crippen LogP contribution in [0.3, 0.4) is 0 Å². The van der Waals surface area contributed by atoms with Gasteiger partial charge in [0.1, 0.15) is 5.75 Å². The SMILES string of the molecule is COc1cc(Br)cc(NC=O)c1. The van der Waals surface area contributed by atoms with Gasteiger partial charge in [-0.25, -0.2) is 0 Å². The first-order valence-corrected chi connectivity index (χ1v) is 4.10. The summed E-state index contributed by atoms with van der Waals surface area (Å²) in [4.78, 5) is 10.1. The van der Waals surface area contributed by atoms with Crippen molar-refractivity contribution >= 4 is 28.0 Å². The first kappa shape index (κ1) is 9.06. The zero-order valence-electron chi connectivity index (χ0n) is 6.50. The van der Waals surface area contributed by atoms with Crippen LogP contribution in [-0.4, -0.2) is 13.5 Å². The van der Waals surface area contributed by atoms with Crippen molar-refractivity contribution in [1.29, 1.82) is 0 Å². The number of hydrogen-bond donors (Lipinski definition) is 1. The molecule has 64 valence electrons. The Bertz CT molecular complexity index is 288. The van der Waals surface area contributed by atoms with Crippen molar-refractivity contribution in [2.45, 2.75) is 0 Å². The van der Waals surface area contributed by atoms with Crippen LogP contribution in [-0.2, 0) is 4.79 Å². The summed E-state index contributed by atoms with van der Waals surface area (Å²) in [5.74, 6) is 0.703. The molecule has 0 aliphatic heterocycles. The Morgan fingerprint density at radius 2 is 2.25 bits per heavy atom. The molecule has 0 unspecified atom stereocenters. The van der Waals surface area contributed by atoms with E-state index >= 15 is 0 Å². The van der Waals surface area contributed by atoms with E-state index in [-0.39, 0.29) is 0 Å². The predicted molar refractivity (Wildman–Crippen MR) is 50.4 cm³/mol. The van der Waals surface area contributed by atoms with Crippen molar-refractivity contribution in [1.82, 2.24) is 0 Å². The molecule has 0 atom stereocenters. The van der Waals surface area contributed by atoms with E-state index in [1.165, 1.54) is 0 Å². The van der Waals surface area contributed by atoms with Gasteiger partial charge >= 0.3 is 0 Å². The van der Waals surface area contributed by atoms with Crippen LogP contribution < -0.4 is 10.1 Å². The molecule has 1 rings (SSSR count). The lowest BCUT2D eigenvalue weighted by Gasteiger charge is -2.03. The molecule has 0 saturated carbocycles. The van der Waals surface area contributed by atoms with Crippen molar-refractivity contribution < 1.29 is 9.53 Å². The van der Waals surface area contributed by atoms with Gasteiger partial charge in [-0.2, -0.15) is 0 Å². The highest BCUT2D eigenvalue weighted by Gasteiger charge is 1.97. The number of carbonyl (C=O) groups excluding carboxylic acids is 1. The van der Waals surface area contributed by atoms with Crippen molar-refractivity contribution in [2.24, 2.45) is 0 Å². The van der Waals surface area contributed by atoms with Crippen LogP contribution in [0.25, 0.3) is 0 Å². The highest BCUT2D eigenvalue weighted by Crippen LogP contribution is 2.23. The average Bonchev–Trinajstić information content (AvgIpc) is 2.04. The molecule has 0 aliphatic carbocycles. The number of ether oxygens (including phenoxy) is 1. The number of carbonyl (C=O) groups is 1. The van der Waals surface area contributed by atoms with E-state index in [4.69, 9.17) is 4.74 Å². The van der Waals surface area contributed by atoms with E-state index in [1.54, 1.807) is 19.2 Å². The fraction of sp³-hybridized carbons (Fsp3) is 0.125. The van der Waals surface area contributed by atoms with E-state index in [0.717, 1.165) is 4.47 Å². The van der Waals surface area contributed by atoms with Gasteiger partial charge in [-0.05, 0) is 12.1 Å². The fourth-order valence-electron chi connectivity index (χ4n) is 0.832. The molecule has 0 heterocycles. The molecule has 12 heavy (non-hydrogen) atoms. The summed E-state index contributed by atoms with van der Waals surface area (Å²) in [6, 6.07) is 5.34. The van der Waals surface area contributed by atoms with E-state index < -0.39 is 0 Å². The maximum Gasteiger partial charge on any atom is 0.211 e. The van der Waals surface area contributed by atoms with Crippen molar-refractivity contribution in [3.63, 3.8) is 0 Å². The van der Waals surface area contributed by atoms with Crippen LogP contribution in [0.1, 0.15) is 0 Å². The molecule has 0 aromatic heterocycles. The molecule has 1 aromatic carbocycles. The maximum atomic E-state index is 10.1. The van der Waals surface area contributed by atoms with Gasteiger partial charge in [0.15, 0.2) is 0 Å². The lowest BCUT2D eigenvalue weighted by Crippen LogP contribution is -1.94. The first-order chi connectivity index (χ1) is 5.76. The zero-order valence-corrected chi connectivity index (χ0v) is 8.09. The minimum absolute atomic E-state index is 0.626. The number of methoxy groups -OCH3 is 1. The summed E-state index contributed by atoms with van der Waals surface area (Å²) in [6.07, 6.45) is 0.626. The van der Waals surface area contributed by atoms with Crippen molar-refractivity contribution in [3.05, 3.63) is 22.7 Å². The smallest absolute Gasteiger partial charge is 0.211 e. The number of amides is 1. The molecule has 0 saturated heterocycles. The average molecular weight is 230 g/mol. The summed E-state index contributed by atoms with van der Waals surface area (Å²) in [5, 5.41) is 2.53. The highest BCUT2D eigenvalue weighted by molar-refractivity contribution is 9.10. The monoisotopic (exact) mass is 229 g/mol. The Morgan fingerprint density at radius 3 is 2.83 bits per heavy atom. The van der Waals surface area contributed by atoms with Crippen LogP contribution in [0.4, 0.5) is 5.69 Å². The summed E-state index contributed by atoms with van der Waals surface area (Å²) in [7, 11) is 1.58. The Labute approximate surface area is 78.9 Å². The number of rotatable bonds is 3. The van der Waals surface area contributed by atoms with Crippen LogP contribution >= 0.6 is 15.9 Å². The van der Waals surface area contributed by atoms with Gasteiger partial charge in [0.05, 0.1) is 7.11 Å². The highest BCUT2D eigenvalue weighted by atomic mass is 79.9. The van der Waals surface area contributed by atoms with Gasteiger partial charge in [0, 0.05) is 16.2 Å². The van der Waals surface area contributed by atoms with Gasteiger partial charge < -0.3 is 10.1 Å². The molecular weight excluding hydrogens is 222 g/mol. The third-order valence-corrected chi connectivity index (χ3v) is 1.79. The van der Waals surface area contributed by atoms with Gasteiger partial charge in [-0.15, -0.1) is 0 Å². The van der Waals surface area contributed by atoms with E-state index in [0.29, 0.717) is 17.8 Å². The second-order valence-electron chi connectivity index (χ2n) is 2.14. The number of halogens is 1. The lowest BCUT2D eigenvalue weighted by atomic mass is 10.3. The van der Waals surface area contributed by atoms with Crippen LogP contribution in [0, 0.1) is 0 Å². The number of benzene rings is 1. The standard InChI is InChI=1S/C8H8BrNO2/c1-12-8-3-6(9)2-7(4-8)10-5-11/h2-5H,1H3,(H,10,11).